The third-order valence-electron chi connectivity index (χ3n) is 3.11. The zero-order valence-electron chi connectivity index (χ0n) is 11.6. The van der Waals surface area contributed by atoms with Gasteiger partial charge in [0.2, 0.25) is 0 Å². The normalized spacial score (nSPS) is 11.9. The van der Waals surface area contributed by atoms with Crippen molar-refractivity contribution in [3.05, 3.63) is 53.6 Å². The Bertz CT molecular complexity index is 630. The summed E-state index contributed by atoms with van der Waals surface area (Å²) in [6.07, 6.45) is -0.540. The molecule has 6 nitrogen and oxygen atoms in total. The lowest BCUT2D eigenvalue weighted by atomic mass is 10.1. The molecule has 0 spiro atoms. The number of rotatable bonds is 5. The van der Waals surface area contributed by atoms with Crippen LogP contribution in [0.1, 0.15) is 28.4 Å². The SMILES string of the molecule is O=C(OCCC(O)c1ccccc1)c1cc(O)c(O)c(O)c1. The zero-order valence-corrected chi connectivity index (χ0v) is 11.6. The van der Waals surface area contributed by atoms with E-state index in [1.165, 1.54) is 0 Å². The van der Waals surface area contributed by atoms with Crippen molar-refractivity contribution in [3.8, 4) is 17.2 Å². The van der Waals surface area contributed by atoms with Crippen molar-refractivity contribution in [2.24, 2.45) is 0 Å². The maximum absolute atomic E-state index is 11.8. The number of hydrogen-bond donors (Lipinski definition) is 4. The van der Waals surface area contributed by atoms with Gasteiger partial charge in [-0.1, -0.05) is 30.3 Å². The van der Waals surface area contributed by atoms with Gasteiger partial charge < -0.3 is 25.2 Å². The minimum Gasteiger partial charge on any atom is -0.504 e. The van der Waals surface area contributed by atoms with Gasteiger partial charge in [-0.3, -0.25) is 0 Å². The third kappa shape index (κ3) is 3.67. The van der Waals surface area contributed by atoms with Crippen LogP contribution in [0.4, 0.5) is 0 Å². The van der Waals surface area contributed by atoms with E-state index in [-0.39, 0.29) is 18.6 Å². The van der Waals surface area contributed by atoms with Crippen LogP contribution in [0.25, 0.3) is 0 Å². The van der Waals surface area contributed by atoms with Gasteiger partial charge >= 0.3 is 5.97 Å². The first kappa shape index (κ1) is 15.7. The second-order valence-corrected chi connectivity index (χ2v) is 4.71. The minimum absolute atomic E-state index is 0.0305. The molecule has 0 saturated carbocycles. The average Bonchev–Trinajstić information content (AvgIpc) is 2.52. The highest BCUT2D eigenvalue weighted by molar-refractivity contribution is 5.91. The maximum Gasteiger partial charge on any atom is 0.338 e. The summed E-state index contributed by atoms with van der Waals surface area (Å²) in [6.45, 7) is -0.0305. The molecule has 116 valence electrons. The van der Waals surface area contributed by atoms with Crippen molar-refractivity contribution >= 4 is 5.97 Å². The first-order chi connectivity index (χ1) is 10.5. The van der Waals surface area contributed by atoms with E-state index in [9.17, 15) is 25.2 Å². The summed E-state index contributed by atoms with van der Waals surface area (Å²) < 4.78 is 4.97. The van der Waals surface area contributed by atoms with Crippen LogP contribution >= 0.6 is 0 Å². The van der Waals surface area contributed by atoms with Crippen LogP contribution in [-0.4, -0.2) is 33.0 Å². The largest absolute Gasteiger partial charge is 0.504 e. The Morgan fingerprint density at radius 1 is 1.05 bits per heavy atom. The van der Waals surface area contributed by atoms with Crippen molar-refractivity contribution in [2.45, 2.75) is 12.5 Å². The number of ether oxygens (including phenoxy) is 1. The molecule has 1 atom stereocenters. The Morgan fingerprint density at radius 3 is 2.23 bits per heavy atom. The molecule has 2 rings (SSSR count). The molecule has 0 aliphatic heterocycles. The third-order valence-corrected chi connectivity index (χ3v) is 3.11. The van der Waals surface area contributed by atoms with E-state index in [2.05, 4.69) is 0 Å². The van der Waals surface area contributed by atoms with Crippen LogP contribution in [0.5, 0.6) is 17.2 Å². The molecule has 22 heavy (non-hydrogen) atoms. The first-order valence-corrected chi connectivity index (χ1v) is 6.64. The predicted molar refractivity (Wildman–Crippen MR) is 77.7 cm³/mol. The Balaban J connectivity index is 1.91. The number of aromatic hydroxyl groups is 3. The number of phenols is 3. The topological polar surface area (TPSA) is 107 Å². The molecule has 2 aromatic rings. The fourth-order valence-corrected chi connectivity index (χ4v) is 1.91. The fraction of sp³-hybridized carbons (Fsp3) is 0.188. The molecule has 0 heterocycles. The van der Waals surface area contributed by atoms with Crippen molar-refractivity contribution in [2.75, 3.05) is 6.61 Å². The second kappa shape index (κ2) is 6.82. The van der Waals surface area contributed by atoms with Gasteiger partial charge in [0, 0.05) is 6.42 Å². The van der Waals surface area contributed by atoms with Gasteiger partial charge in [-0.05, 0) is 17.7 Å². The molecule has 0 radical (unpaired) electrons. The van der Waals surface area contributed by atoms with Crippen LogP contribution in [0, 0.1) is 0 Å². The molecular weight excluding hydrogens is 288 g/mol. The lowest BCUT2D eigenvalue weighted by Gasteiger charge is -2.11. The summed E-state index contributed by atoms with van der Waals surface area (Å²) in [5.74, 6) is -2.70. The van der Waals surface area contributed by atoms with E-state index in [4.69, 9.17) is 4.74 Å². The lowest BCUT2D eigenvalue weighted by molar-refractivity contribution is 0.0429. The van der Waals surface area contributed by atoms with Crippen LogP contribution in [-0.2, 0) is 4.74 Å². The van der Waals surface area contributed by atoms with E-state index < -0.39 is 29.3 Å². The average molecular weight is 304 g/mol. The number of carbonyl (C=O) groups excluding carboxylic acids is 1. The Morgan fingerprint density at radius 2 is 1.64 bits per heavy atom. The van der Waals surface area contributed by atoms with Crippen LogP contribution in [0.2, 0.25) is 0 Å². The predicted octanol–water partition coefficient (Wildman–Crippen LogP) is 2.08. The van der Waals surface area contributed by atoms with Crippen molar-refractivity contribution < 1.29 is 30.0 Å². The van der Waals surface area contributed by atoms with Gasteiger partial charge in [-0.2, -0.15) is 0 Å². The molecule has 6 heteroatoms. The molecular formula is C16H16O6. The minimum atomic E-state index is -0.772. The summed E-state index contributed by atoms with van der Waals surface area (Å²) in [6, 6.07) is 10.9. The first-order valence-electron chi connectivity index (χ1n) is 6.64. The summed E-state index contributed by atoms with van der Waals surface area (Å²) in [7, 11) is 0. The number of benzene rings is 2. The fourth-order valence-electron chi connectivity index (χ4n) is 1.91. The summed E-state index contributed by atoms with van der Waals surface area (Å²) >= 11 is 0. The molecule has 2 aromatic carbocycles. The second-order valence-electron chi connectivity index (χ2n) is 4.71. The molecule has 0 aliphatic rings. The van der Waals surface area contributed by atoms with Gasteiger partial charge in [-0.25, -0.2) is 4.79 Å². The molecule has 0 saturated heterocycles. The van der Waals surface area contributed by atoms with Crippen molar-refractivity contribution in [1.82, 2.24) is 0 Å². The monoisotopic (exact) mass is 304 g/mol. The number of aliphatic hydroxyl groups excluding tert-OH is 1. The Kier molecular flexibility index (Phi) is 4.85. The quantitative estimate of drug-likeness (QED) is 0.497. The smallest absolute Gasteiger partial charge is 0.338 e. The molecule has 4 N–H and O–H groups in total. The van der Waals surface area contributed by atoms with E-state index in [0.717, 1.165) is 17.7 Å². The van der Waals surface area contributed by atoms with Crippen LogP contribution < -0.4 is 0 Å². The number of aliphatic hydroxyl groups is 1. The molecule has 0 amide bonds. The summed E-state index contributed by atoms with van der Waals surface area (Å²) in [5, 5.41) is 37.8. The van der Waals surface area contributed by atoms with Gasteiger partial charge in [0.05, 0.1) is 18.3 Å². The van der Waals surface area contributed by atoms with Crippen LogP contribution in [0.15, 0.2) is 42.5 Å². The standard InChI is InChI=1S/C16H16O6/c17-12(10-4-2-1-3-5-10)6-7-22-16(21)11-8-13(18)15(20)14(19)9-11/h1-5,8-9,12,17-20H,6-7H2. The lowest BCUT2D eigenvalue weighted by Crippen LogP contribution is -2.09. The van der Waals surface area contributed by atoms with Crippen LogP contribution in [0.3, 0.4) is 0 Å². The number of carbonyl (C=O) groups is 1. The number of esters is 1. The van der Waals surface area contributed by atoms with Gasteiger partial charge in [0.15, 0.2) is 17.2 Å². The van der Waals surface area contributed by atoms with E-state index in [0.29, 0.717) is 0 Å². The highest BCUT2D eigenvalue weighted by atomic mass is 16.5. The molecule has 0 aromatic heterocycles. The Hall–Kier alpha value is -2.73. The van der Waals surface area contributed by atoms with Gasteiger partial charge in [-0.15, -0.1) is 0 Å². The molecule has 1 unspecified atom stereocenters. The van der Waals surface area contributed by atoms with E-state index in [1.807, 2.05) is 6.07 Å². The summed E-state index contributed by atoms with van der Waals surface area (Å²) in [4.78, 5) is 11.8. The van der Waals surface area contributed by atoms with E-state index in [1.54, 1.807) is 24.3 Å². The molecule has 0 bridgehead atoms. The van der Waals surface area contributed by atoms with Gasteiger partial charge in [0.25, 0.3) is 0 Å². The summed E-state index contributed by atoms with van der Waals surface area (Å²) in [5.41, 5.74) is 0.625. The van der Waals surface area contributed by atoms with Gasteiger partial charge in [0.1, 0.15) is 0 Å². The maximum atomic E-state index is 11.8. The highest BCUT2D eigenvalue weighted by Crippen LogP contribution is 2.35. The van der Waals surface area contributed by atoms with Crippen molar-refractivity contribution in [1.29, 1.82) is 0 Å². The highest BCUT2D eigenvalue weighted by Gasteiger charge is 2.15. The zero-order chi connectivity index (χ0) is 16.1. The number of hydrogen-bond acceptors (Lipinski definition) is 6. The number of phenolic OH excluding ortho intramolecular Hbond substituents is 3. The molecule has 0 aliphatic carbocycles. The molecule has 0 fully saturated rings. The van der Waals surface area contributed by atoms with Crippen molar-refractivity contribution in [3.63, 3.8) is 0 Å². The van der Waals surface area contributed by atoms with E-state index >= 15 is 0 Å². The Labute approximate surface area is 126 Å².